The van der Waals surface area contributed by atoms with Crippen LogP contribution in [0.4, 0.5) is 10.2 Å². The van der Waals surface area contributed by atoms with Crippen LogP contribution >= 0.6 is 24.0 Å². The smallest absolute Gasteiger partial charge is 0.191 e. The molecule has 0 saturated heterocycles. The summed E-state index contributed by atoms with van der Waals surface area (Å²) in [5.74, 6) is 1.33. The Balaban J connectivity index is 0.00000280. The Morgan fingerprint density at radius 2 is 1.79 bits per heavy atom. The van der Waals surface area contributed by atoms with Gasteiger partial charge in [-0.15, -0.1) is 24.0 Å². The Morgan fingerprint density at radius 3 is 2.50 bits per heavy atom. The molecule has 148 valence electrons. The number of rotatable bonds is 5. The maximum Gasteiger partial charge on any atom is 0.191 e. The zero-order valence-corrected chi connectivity index (χ0v) is 18.6. The summed E-state index contributed by atoms with van der Waals surface area (Å²) in [5, 5.41) is 7.65. The van der Waals surface area contributed by atoms with E-state index in [0.29, 0.717) is 19.0 Å². The van der Waals surface area contributed by atoms with Crippen molar-refractivity contribution in [2.75, 3.05) is 26.0 Å². The molecule has 0 unspecified atom stereocenters. The molecule has 7 heteroatoms. The van der Waals surface area contributed by atoms with Gasteiger partial charge in [-0.05, 0) is 35.4 Å². The molecule has 0 aliphatic carbocycles. The Kier molecular flexibility index (Phi) is 7.98. The van der Waals surface area contributed by atoms with Gasteiger partial charge in [-0.25, -0.2) is 9.37 Å². The number of nitrogens with zero attached hydrogens (tertiary/aromatic N) is 3. The molecule has 1 heterocycles. The number of halogens is 2. The highest BCUT2D eigenvalue weighted by molar-refractivity contribution is 14.0. The molecular weight excluding hydrogens is 468 g/mol. The Bertz CT molecular complexity index is 958. The normalized spacial score (nSPS) is 11.1. The van der Waals surface area contributed by atoms with Gasteiger partial charge in [0.15, 0.2) is 5.96 Å². The number of guanidine groups is 1. The fourth-order valence-corrected chi connectivity index (χ4v) is 2.84. The molecule has 2 aromatic carbocycles. The van der Waals surface area contributed by atoms with Crippen molar-refractivity contribution in [1.29, 1.82) is 0 Å². The van der Waals surface area contributed by atoms with Crippen molar-refractivity contribution >= 4 is 46.7 Å². The lowest BCUT2D eigenvalue weighted by Crippen LogP contribution is -2.36. The van der Waals surface area contributed by atoms with Crippen LogP contribution in [0.15, 0.2) is 59.6 Å². The van der Waals surface area contributed by atoms with E-state index in [0.717, 1.165) is 27.8 Å². The first kappa shape index (κ1) is 21.9. The molecule has 3 aromatic rings. The fraction of sp³-hybridized carbons (Fsp3) is 0.238. The number of aliphatic imine (C=N–C) groups is 1. The van der Waals surface area contributed by atoms with Gasteiger partial charge in [0, 0.05) is 39.6 Å². The monoisotopic (exact) mass is 493 g/mol. The van der Waals surface area contributed by atoms with Crippen molar-refractivity contribution < 1.29 is 4.39 Å². The van der Waals surface area contributed by atoms with E-state index in [4.69, 9.17) is 0 Å². The van der Waals surface area contributed by atoms with E-state index in [9.17, 15) is 4.39 Å². The van der Waals surface area contributed by atoms with Crippen LogP contribution < -0.4 is 15.5 Å². The number of para-hydroxylation sites is 1. The van der Waals surface area contributed by atoms with E-state index in [1.807, 2.05) is 43.3 Å². The van der Waals surface area contributed by atoms with Crippen LogP contribution in [0.25, 0.3) is 10.9 Å². The molecule has 3 rings (SSSR count). The van der Waals surface area contributed by atoms with Crippen LogP contribution in [0.2, 0.25) is 0 Å². The molecule has 0 amide bonds. The second-order valence-electron chi connectivity index (χ2n) is 6.46. The number of fused-ring (bicyclic) bond motifs is 1. The van der Waals surface area contributed by atoms with E-state index in [-0.39, 0.29) is 29.8 Å². The van der Waals surface area contributed by atoms with Crippen molar-refractivity contribution in [3.63, 3.8) is 0 Å². The minimum Gasteiger partial charge on any atom is -0.363 e. The van der Waals surface area contributed by atoms with Gasteiger partial charge in [0.1, 0.15) is 11.6 Å². The van der Waals surface area contributed by atoms with Gasteiger partial charge >= 0.3 is 0 Å². The largest absolute Gasteiger partial charge is 0.363 e. The molecule has 28 heavy (non-hydrogen) atoms. The molecule has 0 saturated carbocycles. The minimum atomic E-state index is -0.239. The van der Waals surface area contributed by atoms with Gasteiger partial charge in [0.05, 0.1) is 5.52 Å². The van der Waals surface area contributed by atoms with Crippen LogP contribution in [-0.4, -0.2) is 32.1 Å². The van der Waals surface area contributed by atoms with Crippen molar-refractivity contribution in [1.82, 2.24) is 15.6 Å². The van der Waals surface area contributed by atoms with E-state index < -0.39 is 0 Å². The lowest BCUT2D eigenvalue weighted by Gasteiger charge is -2.17. The predicted octanol–water partition coefficient (Wildman–Crippen LogP) is 3.92. The molecular formula is C21H25FIN5. The SMILES string of the molecule is CN=C(NCc1cccc(F)c1)NCc1cc(N(C)C)nc2ccccc12.I. The Labute approximate surface area is 182 Å². The number of hydrogen-bond acceptors (Lipinski definition) is 3. The van der Waals surface area contributed by atoms with E-state index in [2.05, 4.69) is 32.7 Å². The average Bonchev–Trinajstić information content (AvgIpc) is 2.67. The third kappa shape index (κ3) is 5.54. The van der Waals surface area contributed by atoms with E-state index in [1.165, 1.54) is 12.1 Å². The van der Waals surface area contributed by atoms with Gasteiger partial charge in [-0.2, -0.15) is 0 Å². The molecule has 0 aliphatic heterocycles. The summed E-state index contributed by atoms with van der Waals surface area (Å²) >= 11 is 0. The summed E-state index contributed by atoms with van der Waals surface area (Å²) < 4.78 is 13.3. The first-order chi connectivity index (χ1) is 13.1. The van der Waals surface area contributed by atoms with Crippen LogP contribution in [-0.2, 0) is 13.1 Å². The van der Waals surface area contributed by atoms with Crippen molar-refractivity contribution in [2.45, 2.75) is 13.1 Å². The molecule has 5 nitrogen and oxygen atoms in total. The number of anilines is 1. The lowest BCUT2D eigenvalue weighted by atomic mass is 10.1. The molecule has 0 radical (unpaired) electrons. The van der Waals surface area contributed by atoms with E-state index >= 15 is 0 Å². The van der Waals surface area contributed by atoms with Crippen molar-refractivity contribution in [2.24, 2.45) is 4.99 Å². The van der Waals surface area contributed by atoms with E-state index in [1.54, 1.807) is 13.1 Å². The summed E-state index contributed by atoms with van der Waals surface area (Å²) in [5.41, 5.74) is 2.96. The maximum absolute atomic E-state index is 13.3. The van der Waals surface area contributed by atoms with Crippen molar-refractivity contribution in [3.8, 4) is 0 Å². The molecule has 0 spiro atoms. The third-order valence-electron chi connectivity index (χ3n) is 4.27. The highest BCUT2D eigenvalue weighted by Crippen LogP contribution is 2.21. The first-order valence-corrected chi connectivity index (χ1v) is 8.82. The molecule has 0 atom stereocenters. The van der Waals surface area contributed by atoms with Crippen LogP contribution in [0.5, 0.6) is 0 Å². The zero-order chi connectivity index (χ0) is 19.2. The summed E-state index contributed by atoms with van der Waals surface area (Å²) in [6, 6.07) is 16.7. The number of hydrogen-bond donors (Lipinski definition) is 2. The summed E-state index contributed by atoms with van der Waals surface area (Å²) in [6.07, 6.45) is 0. The van der Waals surface area contributed by atoms with Crippen LogP contribution in [0.1, 0.15) is 11.1 Å². The molecule has 0 aliphatic rings. The van der Waals surface area contributed by atoms with Gasteiger partial charge in [0.25, 0.3) is 0 Å². The predicted molar refractivity (Wildman–Crippen MR) is 125 cm³/mol. The Morgan fingerprint density at radius 1 is 1.04 bits per heavy atom. The zero-order valence-electron chi connectivity index (χ0n) is 16.2. The Hall–Kier alpha value is -2.42. The van der Waals surface area contributed by atoms with Crippen molar-refractivity contribution in [3.05, 3.63) is 71.5 Å². The van der Waals surface area contributed by atoms with Gasteiger partial charge < -0.3 is 15.5 Å². The second-order valence-corrected chi connectivity index (χ2v) is 6.46. The maximum atomic E-state index is 13.3. The first-order valence-electron chi connectivity index (χ1n) is 8.82. The van der Waals surface area contributed by atoms with Crippen LogP contribution in [0, 0.1) is 5.82 Å². The standard InChI is InChI=1S/C21H24FN5.HI/c1-23-21(24-13-15-7-6-8-17(22)11-15)25-14-16-12-20(27(2)3)26-19-10-5-4-9-18(16)19;/h4-12H,13-14H2,1-3H3,(H2,23,24,25);1H. The third-order valence-corrected chi connectivity index (χ3v) is 4.27. The van der Waals surface area contributed by atoms with Crippen LogP contribution in [0.3, 0.4) is 0 Å². The van der Waals surface area contributed by atoms with Gasteiger partial charge in [-0.3, -0.25) is 4.99 Å². The topological polar surface area (TPSA) is 52.6 Å². The summed E-state index contributed by atoms with van der Waals surface area (Å²) in [4.78, 5) is 10.9. The molecule has 1 aromatic heterocycles. The number of nitrogens with one attached hydrogen (secondary N) is 2. The van der Waals surface area contributed by atoms with Gasteiger partial charge in [0.2, 0.25) is 0 Å². The molecule has 0 bridgehead atoms. The second kappa shape index (κ2) is 10.2. The summed E-state index contributed by atoms with van der Waals surface area (Å²) in [6.45, 7) is 1.10. The highest BCUT2D eigenvalue weighted by Gasteiger charge is 2.08. The van der Waals surface area contributed by atoms with Gasteiger partial charge in [-0.1, -0.05) is 30.3 Å². The number of pyridine rings is 1. The minimum absolute atomic E-state index is 0. The number of aromatic nitrogens is 1. The quantitative estimate of drug-likeness (QED) is 0.322. The average molecular weight is 493 g/mol. The summed E-state index contributed by atoms with van der Waals surface area (Å²) in [7, 11) is 5.68. The number of benzene rings is 2. The molecule has 2 N–H and O–H groups in total. The highest BCUT2D eigenvalue weighted by atomic mass is 127. The lowest BCUT2D eigenvalue weighted by molar-refractivity contribution is 0.624. The fourth-order valence-electron chi connectivity index (χ4n) is 2.84. The molecule has 0 fully saturated rings.